The van der Waals surface area contributed by atoms with Gasteiger partial charge in [0.05, 0.1) is 17.2 Å². The van der Waals surface area contributed by atoms with Crippen LogP contribution in [0.2, 0.25) is 0 Å². The van der Waals surface area contributed by atoms with E-state index in [1.165, 1.54) is 0 Å². The minimum absolute atomic E-state index is 0.251. The molecule has 94 valence electrons. The Balaban J connectivity index is 2.19. The second-order valence-electron chi connectivity index (χ2n) is 4.15. The third kappa shape index (κ3) is 2.90. The van der Waals surface area contributed by atoms with E-state index in [1.54, 1.807) is 30.3 Å². The molecule has 19 heavy (non-hydrogen) atoms. The summed E-state index contributed by atoms with van der Waals surface area (Å²) in [7, 11) is 0. The molecule has 0 unspecified atom stereocenters. The van der Waals surface area contributed by atoms with Crippen molar-refractivity contribution in [2.75, 3.05) is 5.32 Å². The SMILES string of the molecule is Cc1cc(Nc2ccc(C(=O)O)cc2)ccc1C#N. The summed E-state index contributed by atoms with van der Waals surface area (Å²) in [5.41, 5.74) is 3.46. The van der Waals surface area contributed by atoms with Crippen LogP contribution in [0.3, 0.4) is 0 Å². The zero-order valence-electron chi connectivity index (χ0n) is 10.3. The Kier molecular flexibility index (Phi) is 3.48. The van der Waals surface area contributed by atoms with E-state index in [0.717, 1.165) is 16.9 Å². The molecule has 0 aromatic heterocycles. The number of rotatable bonds is 3. The van der Waals surface area contributed by atoms with Crippen molar-refractivity contribution in [2.24, 2.45) is 0 Å². The summed E-state index contributed by atoms with van der Waals surface area (Å²) in [5.74, 6) is -0.944. The van der Waals surface area contributed by atoms with E-state index in [4.69, 9.17) is 10.4 Å². The van der Waals surface area contributed by atoms with Gasteiger partial charge in [-0.3, -0.25) is 0 Å². The number of benzene rings is 2. The summed E-state index contributed by atoms with van der Waals surface area (Å²) in [4.78, 5) is 10.7. The van der Waals surface area contributed by atoms with Gasteiger partial charge in [0, 0.05) is 11.4 Å². The van der Waals surface area contributed by atoms with Crippen molar-refractivity contribution in [2.45, 2.75) is 6.92 Å². The lowest BCUT2D eigenvalue weighted by molar-refractivity contribution is 0.0697. The maximum Gasteiger partial charge on any atom is 0.335 e. The Bertz CT molecular complexity index is 655. The van der Waals surface area contributed by atoms with Crippen molar-refractivity contribution in [1.29, 1.82) is 5.26 Å². The number of nitriles is 1. The van der Waals surface area contributed by atoms with Crippen LogP contribution < -0.4 is 5.32 Å². The van der Waals surface area contributed by atoms with Crippen molar-refractivity contribution in [3.05, 3.63) is 59.2 Å². The van der Waals surface area contributed by atoms with E-state index in [2.05, 4.69) is 11.4 Å². The predicted octanol–water partition coefficient (Wildman–Crippen LogP) is 3.31. The fraction of sp³-hybridized carbons (Fsp3) is 0.0667. The number of aromatic carboxylic acids is 1. The Morgan fingerprint density at radius 1 is 1.16 bits per heavy atom. The molecule has 0 aliphatic heterocycles. The van der Waals surface area contributed by atoms with Crippen LogP contribution in [0.1, 0.15) is 21.5 Å². The van der Waals surface area contributed by atoms with Gasteiger partial charge in [-0.1, -0.05) is 0 Å². The van der Waals surface area contributed by atoms with Crippen molar-refractivity contribution in [1.82, 2.24) is 0 Å². The first-order valence-electron chi connectivity index (χ1n) is 5.71. The number of hydrogen-bond donors (Lipinski definition) is 2. The van der Waals surface area contributed by atoms with Crippen molar-refractivity contribution in [3.8, 4) is 6.07 Å². The van der Waals surface area contributed by atoms with E-state index in [1.807, 2.05) is 19.1 Å². The van der Waals surface area contributed by atoms with Gasteiger partial charge >= 0.3 is 5.97 Å². The molecule has 0 saturated heterocycles. The van der Waals surface area contributed by atoms with Gasteiger partial charge < -0.3 is 10.4 Å². The van der Waals surface area contributed by atoms with E-state index >= 15 is 0 Å². The lowest BCUT2D eigenvalue weighted by Gasteiger charge is -2.08. The first kappa shape index (κ1) is 12.7. The molecule has 0 heterocycles. The van der Waals surface area contributed by atoms with Crippen LogP contribution >= 0.6 is 0 Å². The van der Waals surface area contributed by atoms with Crippen LogP contribution in [-0.4, -0.2) is 11.1 Å². The lowest BCUT2D eigenvalue weighted by Crippen LogP contribution is -1.97. The van der Waals surface area contributed by atoms with Gasteiger partial charge in [-0.15, -0.1) is 0 Å². The van der Waals surface area contributed by atoms with Crippen LogP contribution in [0.15, 0.2) is 42.5 Å². The Morgan fingerprint density at radius 2 is 1.79 bits per heavy atom. The zero-order chi connectivity index (χ0) is 13.8. The van der Waals surface area contributed by atoms with Crippen molar-refractivity contribution in [3.63, 3.8) is 0 Å². The van der Waals surface area contributed by atoms with Gasteiger partial charge in [0.1, 0.15) is 0 Å². The van der Waals surface area contributed by atoms with Gasteiger partial charge in [-0.05, 0) is 55.0 Å². The highest BCUT2D eigenvalue weighted by molar-refractivity contribution is 5.88. The number of carboxylic acids is 1. The molecular formula is C15H12N2O2. The number of nitrogens with one attached hydrogen (secondary N) is 1. The largest absolute Gasteiger partial charge is 0.478 e. The third-order valence-electron chi connectivity index (χ3n) is 2.77. The van der Waals surface area contributed by atoms with Crippen molar-refractivity contribution < 1.29 is 9.90 Å². The molecule has 2 aromatic rings. The number of nitrogens with zero attached hydrogens (tertiary/aromatic N) is 1. The minimum atomic E-state index is -0.944. The van der Waals surface area contributed by atoms with E-state index in [-0.39, 0.29) is 5.56 Å². The molecule has 4 nitrogen and oxygen atoms in total. The molecule has 2 N–H and O–H groups in total. The summed E-state index contributed by atoms with van der Waals surface area (Å²) in [5, 5.41) is 20.8. The Morgan fingerprint density at radius 3 is 2.32 bits per heavy atom. The second-order valence-corrected chi connectivity index (χ2v) is 4.15. The number of hydrogen-bond acceptors (Lipinski definition) is 3. The molecule has 2 rings (SSSR count). The minimum Gasteiger partial charge on any atom is -0.478 e. The molecule has 0 spiro atoms. The number of carbonyl (C=O) groups is 1. The van der Waals surface area contributed by atoms with E-state index in [0.29, 0.717) is 5.56 Å². The lowest BCUT2D eigenvalue weighted by atomic mass is 10.1. The van der Waals surface area contributed by atoms with Crippen LogP contribution in [0.4, 0.5) is 11.4 Å². The van der Waals surface area contributed by atoms with E-state index < -0.39 is 5.97 Å². The highest BCUT2D eigenvalue weighted by atomic mass is 16.4. The maximum absolute atomic E-state index is 10.7. The molecule has 0 saturated carbocycles. The maximum atomic E-state index is 10.7. The summed E-state index contributed by atoms with van der Waals surface area (Å²) < 4.78 is 0. The number of anilines is 2. The Hall–Kier alpha value is -2.80. The molecule has 4 heteroatoms. The smallest absolute Gasteiger partial charge is 0.335 e. The van der Waals surface area contributed by atoms with Crippen molar-refractivity contribution >= 4 is 17.3 Å². The van der Waals surface area contributed by atoms with Gasteiger partial charge in [0.15, 0.2) is 0 Å². The van der Waals surface area contributed by atoms with Crippen LogP contribution in [0.5, 0.6) is 0 Å². The molecular weight excluding hydrogens is 240 g/mol. The monoisotopic (exact) mass is 252 g/mol. The van der Waals surface area contributed by atoms with Gasteiger partial charge in [-0.2, -0.15) is 5.26 Å². The average molecular weight is 252 g/mol. The summed E-state index contributed by atoms with van der Waals surface area (Å²) in [6, 6.07) is 14.1. The molecule has 0 aliphatic carbocycles. The van der Waals surface area contributed by atoms with Gasteiger partial charge in [-0.25, -0.2) is 4.79 Å². The van der Waals surface area contributed by atoms with Crippen LogP contribution in [0.25, 0.3) is 0 Å². The highest BCUT2D eigenvalue weighted by Gasteiger charge is 2.03. The quantitative estimate of drug-likeness (QED) is 0.878. The standard InChI is InChI=1S/C15H12N2O2/c1-10-8-14(7-4-12(10)9-16)17-13-5-2-11(3-6-13)15(18)19/h2-8,17H,1H3,(H,18,19). The summed E-state index contributed by atoms with van der Waals surface area (Å²) in [6.07, 6.45) is 0. The van der Waals surface area contributed by atoms with Gasteiger partial charge in [0.2, 0.25) is 0 Å². The second kappa shape index (κ2) is 5.23. The first-order chi connectivity index (χ1) is 9.10. The van der Waals surface area contributed by atoms with Crippen LogP contribution in [-0.2, 0) is 0 Å². The average Bonchev–Trinajstić information content (AvgIpc) is 2.39. The fourth-order valence-corrected chi connectivity index (χ4v) is 1.73. The van der Waals surface area contributed by atoms with Crippen LogP contribution in [0, 0.1) is 18.3 Å². The zero-order valence-corrected chi connectivity index (χ0v) is 10.3. The Labute approximate surface area is 110 Å². The summed E-state index contributed by atoms with van der Waals surface area (Å²) in [6.45, 7) is 1.87. The molecule has 0 bridgehead atoms. The number of aryl methyl sites for hydroxylation is 1. The topological polar surface area (TPSA) is 73.1 Å². The van der Waals surface area contributed by atoms with Gasteiger partial charge in [0.25, 0.3) is 0 Å². The molecule has 0 atom stereocenters. The molecule has 0 amide bonds. The molecule has 0 fully saturated rings. The molecule has 2 aromatic carbocycles. The normalized spacial score (nSPS) is 9.68. The third-order valence-corrected chi connectivity index (χ3v) is 2.77. The van der Waals surface area contributed by atoms with E-state index in [9.17, 15) is 4.79 Å². The predicted molar refractivity (Wildman–Crippen MR) is 72.6 cm³/mol. The number of carboxylic acid groups (broad SMARTS) is 1. The fourth-order valence-electron chi connectivity index (χ4n) is 1.73. The highest BCUT2D eigenvalue weighted by Crippen LogP contribution is 2.20. The summed E-state index contributed by atoms with van der Waals surface area (Å²) >= 11 is 0. The molecule has 0 aliphatic rings. The molecule has 0 radical (unpaired) electrons. The first-order valence-corrected chi connectivity index (χ1v) is 5.71.